The number of hydrogen-bond donors (Lipinski definition) is 0. The monoisotopic (exact) mass is 304 g/mol. The molecule has 2 nitrogen and oxygen atoms in total. The molecule has 1 aromatic rings. The van der Waals surface area contributed by atoms with Crippen LogP contribution in [-0.2, 0) is 5.41 Å². The zero-order chi connectivity index (χ0) is 16.5. The van der Waals surface area contributed by atoms with Crippen molar-refractivity contribution in [3.05, 3.63) is 23.8 Å². The van der Waals surface area contributed by atoms with Crippen LogP contribution in [0.1, 0.15) is 66.9 Å². The van der Waals surface area contributed by atoms with Gasteiger partial charge in [0.15, 0.2) is 0 Å². The van der Waals surface area contributed by atoms with Crippen LogP contribution in [0.2, 0.25) is 0 Å². The molecular weight excluding hydrogens is 272 g/mol. The van der Waals surface area contributed by atoms with Gasteiger partial charge in [-0.05, 0) is 37.2 Å². The lowest BCUT2D eigenvalue weighted by Gasteiger charge is -2.25. The topological polar surface area (TPSA) is 18.5 Å². The zero-order valence-corrected chi connectivity index (χ0v) is 15.3. The lowest BCUT2D eigenvalue weighted by molar-refractivity contribution is 0.170. The van der Waals surface area contributed by atoms with E-state index in [1.165, 1.54) is 12.0 Å². The Labute approximate surface area is 136 Å². The van der Waals surface area contributed by atoms with Crippen LogP contribution in [0.3, 0.4) is 0 Å². The Kier molecular flexibility index (Phi) is 4.79. The van der Waals surface area contributed by atoms with Crippen LogP contribution in [-0.4, -0.2) is 12.7 Å². The van der Waals surface area contributed by atoms with Crippen molar-refractivity contribution in [2.45, 2.75) is 72.8 Å². The minimum atomic E-state index is 0.112. The first-order chi connectivity index (χ1) is 10.1. The van der Waals surface area contributed by atoms with E-state index in [4.69, 9.17) is 9.47 Å². The van der Waals surface area contributed by atoms with Crippen LogP contribution in [0.15, 0.2) is 18.2 Å². The summed E-state index contributed by atoms with van der Waals surface area (Å²) in [5.41, 5.74) is 1.78. The third-order valence-corrected chi connectivity index (χ3v) is 4.30. The third-order valence-electron chi connectivity index (χ3n) is 4.30. The van der Waals surface area contributed by atoms with Crippen molar-refractivity contribution in [2.24, 2.45) is 11.3 Å². The van der Waals surface area contributed by atoms with E-state index in [9.17, 15) is 0 Å². The number of benzene rings is 1. The fourth-order valence-electron chi connectivity index (χ4n) is 3.57. The van der Waals surface area contributed by atoms with E-state index in [1.54, 1.807) is 0 Å². The summed E-state index contributed by atoms with van der Waals surface area (Å²) in [7, 11) is 0. The van der Waals surface area contributed by atoms with Gasteiger partial charge in [0, 0.05) is 17.0 Å². The normalized spacial score (nSPS) is 19.2. The SMILES string of the molecule is CC(CC(C)Oc1ccc2c(c1)OCC2(C)C)CC(C)(C)C. The van der Waals surface area contributed by atoms with E-state index in [0.29, 0.717) is 11.3 Å². The third kappa shape index (κ3) is 4.41. The summed E-state index contributed by atoms with van der Waals surface area (Å²) < 4.78 is 11.9. The van der Waals surface area contributed by atoms with Crippen molar-refractivity contribution in [3.63, 3.8) is 0 Å². The molecular formula is C20H32O2. The second-order valence-electron chi connectivity index (χ2n) is 8.86. The fraction of sp³-hybridized carbons (Fsp3) is 0.700. The Hall–Kier alpha value is -1.18. The van der Waals surface area contributed by atoms with E-state index in [0.717, 1.165) is 24.5 Å². The average Bonchev–Trinajstić information content (AvgIpc) is 2.62. The number of fused-ring (bicyclic) bond motifs is 1. The highest BCUT2D eigenvalue weighted by atomic mass is 16.5. The van der Waals surface area contributed by atoms with Crippen molar-refractivity contribution < 1.29 is 9.47 Å². The summed E-state index contributed by atoms with van der Waals surface area (Å²) in [6.07, 6.45) is 2.54. The summed E-state index contributed by atoms with van der Waals surface area (Å²) in [6.45, 7) is 16.6. The van der Waals surface area contributed by atoms with Gasteiger partial charge in [-0.2, -0.15) is 0 Å². The predicted molar refractivity (Wildman–Crippen MR) is 92.9 cm³/mol. The first-order valence-electron chi connectivity index (χ1n) is 8.51. The van der Waals surface area contributed by atoms with Crippen molar-refractivity contribution in [3.8, 4) is 11.5 Å². The van der Waals surface area contributed by atoms with Gasteiger partial charge in [0.2, 0.25) is 0 Å². The smallest absolute Gasteiger partial charge is 0.126 e. The maximum atomic E-state index is 6.11. The Balaban J connectivity index is 1.94. The fourth-order valence-corrected chi connectivity index (χ4v) is 3.57. The van der Waals surface area contributed by atoms with E-state index in [-0.39, 0.29) is 11.5 Å². The lowest BCUT2D eigenvalue weighted by Crippen LogP contribution is -2.19. The molecule has 2 unspecified atom stereocenters. The number of ether oxygens (including phenoxy) is 2. The molecule has 2 atom stereocenters. The molecule has 0 N–H and O–H groups in total. The molecule has 0 saturated heterocycles. The molecule has 1 aromatic carbocycles. The van der Waals surface area contributed by atoms with Crippen molar-refractivity contribution in [2.75, 3.05) is 6.61 Å². The van der Waals surface area contributed by atoms with E-state index in [1.807, 2.05) is 0 Å². The summed E-state index contributed by atoms with van der Waals surface area (Å²) in [6, 6.07) is 6.29. The van der Waals surface area contributed by atoms with Gasteiger partial charge in [0.25, 0.3) is 0 Å². The van der Waals surface area contributed by atoms with Crippen molar-refractivity contribution in [1.82, 2.24) is 0 Å². The van der Waals surface area contributed by atoms with Gasteiger partial charge >= 0.3 is 0 Å². The quantitative estimate of drug-likeness (QED) is 0.706. The zero-order valence-electron chi connectivity index (χ0n) is 15.3. The molecule has 0 spiro atoms. The first kappa shape index (κ1) is 17.2. The summed E-state index contributed by atoms with van der Waals surface area (Å²) in [4.78, 5) is 0. The molecule has 1 aliphatic rings. The van der Waals surface area contributed by atoms with Gasteiger partial charge in [-0.25, -0.2) is 0 Å². The molecule has 2 rings (SSSR count). The van der Waals surface area contributed by atoms with Gasteiger partial charge in [0.1, 0.15) is 11.5 Å². The lowest BCUT2D eigenvalue weighted by atomic mass is 9.83. The van der Waals surface area contributed by atoms with Crippen LogP contribution >= 0.6 is 0 Å². The Morgan fingerprint density at radius 2 is 1.91 bits per heavy atom. The van der Waals surface area contributed by atoms with Crippen LogP contribution in [0.25, 0.3) is 0 Å². The maximum Gasteiger partial charge on any atom is 0.126 e. The van der Waals surface area contributed by atoms with Crippen LogP contribution in [0, 0.1) is 11.3 Å². The van der Waals surface area contributed by atoms with Crippen LogP contribution in [0.5, 0.6) is 11.5 Å². The Morgan fingerprint density at radius 1 is 1.23 bits per heavy atom. The van der Waals surface area contributed by atoms with Crippen molar-refractivity contribution in [1.29, 1.82) is 0 Å². The summed E-state index contributed by atoms with van der Waals surface area (Å²) in [5, 5.41) is 0. The molecule has 0 aromatic heterocycles. The van der Waals surface area contributed by atoms with Gasteiger partial charge in [-0.3, -0.25) is 0 Å². The van der Waals surface area contributed by atoms with Gasteiger partial charge in [0.05, 0.1) is 12.7 Å². The Bertz CT molecular complexity index is 511. The molecule has 0 aliphatic carbocycles. The molecule has 0 saturated carbocycles. The molecule has 0 radical (unpaired) electrons. The van der Waals surface area contributed by atoms with E-state index >= 15 is 0 Å². The van der Waals surface area contributed by atoms with Crippen molar-refractivity contribution >= 4 is 0 Å². The second-order valence-corrected chi connectivity index (χ2v) is 8.86. The predicted octanol–water partition coefficient (Wildman–Crippen LogP) is 5.59. The molecule has 124 valence electrons. The molecule has 0 fully saturated rings. The van der Waals surface area contributed by atoms with Gasteiger partial charge < -0.3 is 9.47 Å². The standard InChI is InChI=1S/C20H32O2/c1-14(12-19(3,4)5)10-15(2)22-16-8-9-17-18(11-16)21-13-20(17,6)7/h8-9,11,14-15H,10,12-13H2,1-7H3. The number of hydrogen-bond acceptors (Lipinski definition) is 2. The first-order valence-corrected chi connectivity index (χ1v) is 8.51. The molecule has 1 aliphatic heterocycles. The van der Waals surface area contributed by atoms with Gasteiger partial charge in [-0.1, -0.05) is 47.6 Å². The maximum absolute atomic E-state index is 6.11. The highest BCUT2D eigenvalue weighted by molar-refractivity contribution is 5.47. The summed E-state index contributed by atoms with van der Waals surface area (Å²) in [5.74, 6) is 2.57. The minimum absolute atomic E-state index is 0.112. The summed E-state index contributed by atoms with van der Waals surface area (Å²) >= 11 is 0. The van der Waals surface area contributed by atoms with Crippen LogP contribution < -0.4 is 9.47 Å². The van der Waals surface area contributed by atoms with E-state index in [2.05, 4.69) is 66.7 Å². The highest BCUT2D eigenvalue weighted by Gasteiger charge is 2.31. The van der Waals surface area contributed by atoms with Crippen LogP contribution in [0.4, 0.5) is 0 Å². The molecule has 1 heterocycles. The van der Waals surface area contributed by atoms with E-state index < -0.39 is 0 Å². The number of rotatable bonds is 5. The molecule has 22 heavy (non-hydrogen) atoms. The minimum Gasteiger partial charge on any atom is -0.492 e. The largest absolute Gasteiger partial charge is 0.492 e. The average molecular weight is 304 g/mol. The molecule has 0 amide bonds. The molecule has 0 bridgehead atoms. The Morgan fingerprint density at radius 3 is 2.55 bits per heavy atom. The highest BCUT2D eigenvalue weighted by Crippen LogP contribution is 2.40. The van der Waals surface area contributed by atoms with Gasteiger partial charge in [-0.15, -0.1) is 0 Å². The second kappa shape index (κ2) is 6.14. The molecule has 2 heteroatoms.